The van der Waals surface area contributed by atoms with Crippen molar-refractivity contribution < 1.29 is 9.53 Å². The molecule has 2 N–H and O–H groups in total. The lowest BCUT2D eigenvalue weighted by molar-refractivity contribution is -0.142. The van der Waals surface area contributed by atoms with Crippen molar-refractivity contribution in [3.05, 3.63) is 35.9 Å². The Kier molecular flexibility index (Phi) is 6.28. The maximum atomic E-state index is 11.6. The molecule has 0 bridgehead atoms. The van der Waals surface area contributed by atoms with Gasteiger partial charge in [0.2, 0.25) is 0 Å². The number of carbonyl (C=O) groups is 1. The Bertz CT molecular complexity index is 395. The highest BCUT2D eigenvalue weighted by molar-refractivity contribution is 7.98. The summed E-state index contributed by atoms with van der Waals surface area (Å²) < 4.78 is 4.74. The molecule has 0 aliphatic rings. The van der Waals surface area contributed by atoms with Crippen molar-refractivity contribution >= 4 is 23.6 Å². The van der Waals surface area contributed by atoms with Crippen LogP contribution in [0.15, 0.2) is 30.3 Å². The Morgan fingerprint density at radius 3 is 2.67 bits per heavy atom. The van der Waals surface area contributed by atoms with Crippen molar-refractivity contribution in [2.24, 2.45) is 0 Å². The fourth-order valence-corrected chi connectivity index (χ4v) is 1.96. The number of carbonyl (C=O) groups excluding carboxylic acids is 1. The summed E-state index contributed by atoms with van der Waals surface area (Å²) in [5.41, 5.74) is 0.760. The molecule has 0 aliphatic carbocycles. The van der Waals surface area contributed by atoms with Crippen molar-refractivity contribution in [3.63, 3.8) is 0 Å². The molecule has 0 aliphatic heterocycles. The minimum atomic E-state index is -0.463. The fourth-order valence-electron chi connectivity index (χ4n) is 1.49. The first kappa shape index (κ1) is 14.6. The van der Waals surface area contributed by atoms with Crippen LogP contribution in [0.5, 0.6) is 0 Å². The SMILES string of the molecule is COC(=O)C(CCSC)NC(=N)c1ccccc1. The molecule has 0 spiro atoms. The van der Waals surface area contributed by atoms with Crippen LogP contribution in [0, 0.1) is 5.41 Å². The van der Waals surface area contributed by atoms with Crippen LogP contribution in [0.2, 0.25) is 0 Å². The average Bonchev–Trinajstić information content (AvgIpc) is 2.43. The highest BCUT2D eigenvalue weighted by Gasteiger charge is 2.19. The van der Waals surface area contributed by atoms with Crippen LogP contribution in [0.25, 0.3) is 0 Å². The molecule has 0 saturated carbocycles. The van der Waals surface area contributed by atoms with E-state index in [1.807, 2.05) is 36.6 Å². The Morgan fingerprint density at radius 2 is 2.11 bits per heavy atom. The molecule has 0 fully saturated rings. The number of amidine groups is 1. The zero-order chi connectivity index (χ0) is 13.4. The Morgan fingerprint density at radius 1 is 1.44 bits per heavy atom. The number of rotatable bonds is 6. The maximum Gasteiger partial charge on any atom is 0.328 e. The number of ether oxygens (including phenoxy) is 1. The van der Waals surface area contributed by atoms with E-state index in [0.29, 0.717) is 6.42 Å². The molecule has 98 valence electrons. The molecule has 0 aromatic heterocycles. The van der Waals surface area contributed by atoms with E-state index < -0.39 is 6.04 Å². The van der Waals surface area contributed by atoms with E-state index in [9.17, 15) is 4.79 Å². The van der Waals surface area contributed by atoms with Crippen molar-refractivity contribution in [2.45, 2.75) is 12.5 Å². The summed E-state index contributed by atoms with van der Waals surface area (Å²) in [7, 11) is 1.36. The highest BCUT2D eigenvalue weighted by Crippen LogP contribution is 2.05. The van der Waals surface area contributed by atoms with Crippen LogP contribution in [0.4, 0.5) is 0 Å². The van der Waals surface area contributed by atoms with Crippen LogP contribution in [0.1, 0.15) is 12.0 Å². The Labute approximate surface area is 112 Å². The number of methoxy groups -OCH3 is 1. The molecule has 4 nitrogen and oxygen atoms in total. The van der Waals surface area contributed by atoms with Crippen molar-refractivity contribution in [1.29, 1.82) is 5.41 Å². The smallest absolute Gasteiger partial charge is 0.328 e. The van der Waals surface area contributed by atoms with Gasteiger partial charge in [0.25, 0.3) is 0 Å². The second kappa shape index (κ2) is 7.76. The summed E-state index contributed by atoms with van der Waals surface area (Å²) in [5, 5.41) is 10.9. The van der Waals surface area contributed by atoms with E-state index in [0.717, 1.165) is 11.3 Å². The van der Waals surface area contributed by atoms with Gasteiger partial charge in [0.15, 0.2) is 0 Å². The average molecular weight is 266 g/mol. The first-order chi connectivity index (χ1) is 8.69. The molecule has 0 saturated heterocycles. The van der Waals surface area contributed by atoms with E-state index in [2.05, 4.69) is 5.32 Å². The summed E-state index contributed by atoms with van der Waals surface area (Å²) in [5.74, 6) is 0.756. The van der Waals surface area contributed by atoms with Gasteiger partial charge in [0.05, 0.1) is 7.11 Å². The number of thioether (sulfide) groups is 1. The zero-order valence-corrected chi connectivity index (χ0v) is 11.4. The van der Waals surface area contributed by atoms with Gasteiger partial charge in [-0.25, -0.2) is 4.79 Å². The number of benzene rings is 1. The van der Waals surface area contributed by atoms with Crippen LogP contribution in [0.3, 0.4) is 0 Å². The Hall–Kier alpha value is -1.49. The number of nitrogens with one attached hydrogen (secondary N) is 2. The fraction of sp³-hybridized carbons (Fsp3) is 0.385. The molecule has 1 aromatic rings. The monoisotopic (exact) mass is 266 g/mol. The maximum absolute atomic E-state index is 11.6. The summed E-state index contributed by atoms with van der Waals surface area (Å²) >= 11 is 1.66. The van der Waals surface area contributed by atoms with Gasteiger partial charge in [-0.15, -0.1) is 0 Å². The molecule has 1 unspecified atom stereocenters. The van der Waals surface area contributed by atoms with Crippen LogP contribution < -0.4 is 5.32 Å². The zero-order valence-electron chi connectivity index (χ0n) is 10.6. The topological polar surface area (TPSA) is 62.2 Å². The summed E-state index contributed by atoms with van der Waals surface area (Å²) in [6.07, 6.45) is 2.62. The lowest BCUT2D eigenvalue weighted by Crippen LogP contribution is -2.41. The molecule has 0 amide bonds. The summed E-state index contributed by atoms with van der Waals surface area (Å²) in [6, 6.07) is 8.81. The standard InChI is InChI=1S/C13H18N2O2S/c1-17-13(16)11(8-9-18-2)15-12(14)10-6-4-3-5-7-10/h3-7,11H,8-9H2,1-2H3,(H2,14,15). The molecule has 0 heterocycles. The Balaban J connectivity index is 2.65. The minimum absolute atomic E-state index is 0.243. The molecule has 5 heteroatoms. The summed E-state index contributed by atoms with van der Waals surface area (Å²) in [6.45, 7) is 0. The lowest BCUT2D eigenvalue weighted by Gasteiger charge is -2.17. The van der Waals surface area contributed by atoms with Crippen molar-refractivity contribution in [2.75, 3.05) is 19.1 Å². The normalized spacial score (nSPS) is 11.7. The van der Waals surface area contributed by atoms with Crippen LogP contribution in [-0.4, -0.2) is 37.0 Å². The minimum Gasteiger partial charge on any atom is -0.467 e. The van der Waals surface area contributed by atoms with Crippen molar-refractivity contribution in [1.82, 2.24) is 5.32 Å². The third kappa shape index (κ3) is 4.41. The van der Waals surface area contributed by atoms with Gasteiger partial charge in [-0.2, -0.15) is 11.8 Å². The largest absolute Gasteiger partial charge is 0.467 e. The van der Waals surface area contributed by atoms with Gasteiger partial charge < -0.3 is 10.1 Å². The van der Waals surface area contributed by atoms with Gasteiger partial charge in [0.1, 0.15) is 11.9 Å². The molecule has 0 radical (unpaired) electrons. The molecular weight excluding hydrogens is 248 g/mol. The van der Waals surface area contributed by atoms with E-state index in [-0.39, 0.29) is 11.8 Å². The number of hydrogen-bond acceptors (Lipinski definition) is 4. The quantitative estimate of drug-likeness (QED) is 0.469. The first-order valence-corrected chi connectivity index (χ1v) is 7.05. The second-order valence-electron chi connectivity index (χ2n) is 3.74. The molecule has 18 heavy (non-hydrogen) atoms. The van der Waals surface area contributed by atoms with Gasteiger partial charge in [0, 0.05) is 5.56 Å². The molecule has 1 aromatic carbocycles. The van der Waals surface area contributed by atoms with Crippen molar-refractivity contribution in [3.8, 4) is 0 Å². The summed E-state index contributed by atoms with van der Waals surface area (Å²) in [4.78, 5) is 11.6. The van der Waals surface area contributed by atoms with E-state index >= 15 is 0 Å². The predicted octanol–water partition coefficient (Wildman–Crippen LogP) is 1.90. The van der Waals surface area contributed by atoms with E-state index in [1.54, 1.807) is 11.8 Å². The molecule has 1 atom stereocenters. The number of hydrogen-bond donors (Lipinski definition) is 2. The lowest BCUT2D eigenvalue weighted by atomic mass is 10.1. The highest BCUT2D eigenvalue weighted by atomic mass is 32.2. The van der Waals surface area contributed by atoms with Gasteiger partial charge in [-0.1, -0.05) is 30.3 Å². The van der Waals surface area contributed by atoms with Gasteiger partial charge in [-0.05, 0) is 18.4 Å². The third-order valence-corrected chi connectivity index (χ3v) is 3.12. The van der Waals surface area contributed by atoms with E-state index in [1.165, 1.54) is 7.11 Å². The van der Waals surface area contributed by atoms with Crippen LogP contribution in [-0.2, 0) is 9.53 Å². The predicted molar refractivity (Wildman–Crippen MR) is 75.2 cm³/mol. The first-order valence-electron chi connectivity index (χ1n) is 5.66. The molecular formula is C13H18N2O2S. The van der Waals surface area contributed by atoms with Gasteiger partial charge >= 0.3 is 5.97 Å². The van der Waals surface area contributed by atoms with E-state index in [4.69, 9.17) is 10.1 Å². The third-order valence-electron chi connectivity index (χ3n) is 2.48. The van der Waals surface area contributed by atoms with Gasteiger partial charge in [-0.3, -0.25) is 5.41 Å². The number of esters is 1. The van der Waals surface area contributed by atoms with Crippen LogP contribution >= 0.6 is 11.8 Å². The second-order valence-corrected chi connectivity index (χ2v) is 4.73. The molecule has 1 rings (SSSR count).